The molecule has 13 rings (SSSR count). The van der Waals surface area contributed by atoms with E-state index in [1.807, 2.05) is 18.2 Å². The summed E-state index contributed by atoms with van der Waals surface area (Å²) in [5.74, 6) is 0.668. The highest BCUT2D eigenvalue weighted by atomic mass is 16.3. The highest BCUT2D eigenvalue weighted by Gasteiger charge is 2.46. The van der Waals surface area contributed by atoms with E-state index < -0.39 is 5.41 Å². The normalized spacial score (nSPS) is 12.7. The fraction of sp³-hybridized carbons (Fsp3) is 0.0159. The monoisotopic (exact) mass is 840 g/mol. The number of hydrogen-bond donors (Lipinski definition) is 0. The van der Waals surface area contributed by atoms with Crippen LogP contribution in [0.25, 0.3) is 100.0 Å². The molecule has 10 aromatic carbocycles. The Kier molecular flexibility index (Phi) is 8.75. The van der Waals surface area contributed by atoms with Gasteiger partial charge in [0.05, 0.1) is 16.8 Å². The smallest absolute Gasteiger partial charge is 0.160 e. The van der Waals surface area contributed by atoms with E-state index in [1.54, 1.807) is 0 Å². The maximum Gasteiger partial charge on any atom is 0.160 e. The Labute approximate surface area is 383 Å². The average molecular weight is 841 g/mol. The molecule has 3 heteroatoms. The lowest BCUT2D eigenvalue weighted by atomic mass is 9.67. The Hall–Kier alpha value is -8.66. The molecule has 2 aromatic heterocycles. The lowest BCUT2D eigenvalue weighted by Crippen LogP contribution is -2.28. The summed E-state index contributed by atoms with van der Waals surface area (Å²) >= 11 is 0. The zero-order chi connectivity index (χ0) is 43.6. The number of nitrogens with zero attached hydrogens (tertiary/aromatic N) is 2. The van der Waals surface area contributed by atoms with E-state index in [1.165, 1.54) is 44.2 Å². The minimum absolute atomic E-state index is 0.538. The van der Waals surface area contributed by atoms with Gasteiger partial charge in [-0.15, -0.1) is 0 Å². The maximum atomic E-state index is 6.66. The van der Waals surface area contributed by atoms with Gasteiger partial charge in [0, 0.05) is 33.0 Å². The van der Waals surface area contributed by atoms with Crippen LogP contribution in [0.2, 0.25) is 0 Å². The first-order valence-corrected chi connectivity index (χ1v) is 22.5. The van der Waals surface area contributed by atoms with Crippen molar-refractivity contribution in [3.05, 3.63) is 265 Å². The minimum Gasteiger partial charge on any atom is -0.455 e. The number of rotatable bonds is 7. The lowest BCUT2D eigenvalue weighted by Gasteiger charge is -2.34. The molecule has 0 amide bonds. The van der Waals surface area contributed by atoms with Gasteiger partial charge in [0.2, 0.25) is 0 Å². The van der Waals surface area contributed by atoms with Crippen LogP contribution in [0.3, 0.4) is 0 Å². The van der Waals surface area contributed by atoms with Crippen LogP contribution >= 0.6 is 0 Å². The highest BCUT2D eigenvalue weighted by Crippen LogP contribution is 2.56. The summed E-state index contributed by atoms with van der Waals surface area (Å²) in [6.45, 7) is 0. The van der Waals surface area contributed by atoms with Gasteiger partial charge in [-0.2, -0.15) is 0 Å². The summed E-state index contributed by atoms with van der Waals surface area (Å²) < 4.78 is 6.66. The number of aromatic nitrogens is 2. The van der Waals surface area contributed by atoms with E-state index in [9.17, 15) is 0 Å². The number of furan rings is 1. The molecule has 0 saturated heterocycles. The predicted octanol–water partition coefficient (Wildman–Crippen LogP) is 16.2. The van der Waals surface area contributed by atoms with Gasteiger partial charge in [-0.1, -0.05) is 200 Å². The van der Waals surface area contributed by atoms with Crippen LogP contribution in [0.15, 0.2) is 247 Å². The van der Waals surface area contributed by atoms with Gasteiger partial charge in [0.25, 0.3) is 0 Å². The second-order valence-electron chi connectivity index (χ2n) is 17.3. The molecule has 1 aliphatic carbocycles. The van der Waals surface area contributed by atoms with Crippen molar-refractivity contribution < 1.29 is 4.42 Å². The van der Waals surface area contributed by atoms with E-state index in [0.29, 0.717) is 5.82 Å². The van der Waals surface area contributed by atoms with Crippen molar-refractivity contribution >= 4 is 32.7 Å². The molecule has 0 bridgehead atoms. The molecule has 0 N–H and O–H groups in total. The first kappa shape index (κ1) is 37.9. The fourth-order valence-electron chi connectivity index (χ4n) is 10.5. The van der Waals surface area contributed by atoms with Crippen molar-refractivity contribution in [2.75, 3.05) is 0 Å². The van der Waals surface area contributed by atoms with Crippen LogP contribution < -0.4 is 0 Å². The number of fused-ring (bicyclic) bond motifs is 7. The highest BCUT2D eigenvalue weighted by molar-refractivity contribution is 6.10. The second kappa shape index (κ2) is 15.3. The molecule has 0 fully saturated rings. The summed E-state index contributed by atoms with van der Waals surface area (Å²) in [5, 5.41) is 4.60. The summed E-state index contributed by atoms with van der Waals surface area (Å²) in [4.78, 5) is 10.8. The molecule has 0 spiro atoms. The van der Waals surface area contributed by atoms with E-state index in [4.69, 9.17) is 14.4 Å². The zero-order valence-corrected chi connectivity index (χ0v) is 35.9. The predicted molar refractivity (Wildman–Crippen MR) is 271 cm³/mol. The van der Waals surface area contributed by atoms with E-state index in [-0.39, 0.29) is 0 Å². The third-order valence-corrected chi connectivity index (χ3v) is 13.5. The summed E-state index contributed by atoms with van der Waals surface area (Å²) in [6.07, 6.45) is 0. The van der Waals surface area contributed by atoms with Gasteiger partial charge < -0.3 is 4.42 Å². The zero-order valence-electron chi connectivity index (χ0n) is 35.9. The second-order valence-corrected chi connectivity index (χ2v) is 17.3. The maximum absolute atomic E-state index is 6.66. The van der Waals surface area contributed by atoms with Gasteiger partial charge in [0.15, 0.2) is 5.82 Å². The largest absolute Gasteiger partial charge is 0.455 e. The molecule has 1 aliphatic rings. The number of hydrogen-bond acceptors (Lipinski definition) is 3. The summed E-state index contributed by atoms with van der Waals surface area (Å²) in [7, 11) is 0. The molecule has 0 radical (unpaired) electrons. The van der Waals surface area contributed by atoms with E-state index >= 15 is 0 Å². The van der Waals surface area contributed by atoms with Crippen LogP contribution in [0.5, 0.6) is 0 Å². The van der Waals surface area contributed by atoms with Crippen LogP contribution in [-0.2, 0) is 5.41 Å². The van der Waals surface area contributed by atoms with Crippen molar-refractivity contribution in [2.45, 2.75) is 5.41 Å². The van der Waals surface area contributed by atoms with Gasteiger partial charge in [-0.3, -0.25) is 0 Å². The van der Waals surface area contributed by atoms with E-state index in [2.05, 4.69) is 224 Å². The third kappa shape index (κ3) is 6.05. The van der Waals surface area contributed by atoms with Crippen molar-refractivity contribution in [1.82, 2.24) is 9.97 Å². The Balaban J connectivity index is 1.05. The molecular formula is C63H40N2O. The topological polar surface area (TPSA) is 38.9 Å². The Morgan fingerprint density at radius 2 is 0.909 bits per heavy atom. The molecule has 0 aliphatic heterocycles. The molecule has 308 valence electrons. The number of benzene rings is 10. The van der Waals surface area contributed by atoms with Crippen molar-refractivity contribution in [3.63, 3.8) is 0 Å². The van der Waals surface area contributed by atoms with Crippen LogP contribution in [0.4, 0.5) is 0 Å². The molecule has 66 heavy (non-hydrogen) atoms. The molecule has 3 nitrogen and oxygen atoms in total. The van der Waals surface area contributed by atoms with Crippen LogP contribution in [-0.4, -0.2) is 9.97 Å². The SMILES string of the molecule is c1ccc(-c2nc(-c3cc(-c4ccc5ccccc5c4)cc(-c4cccc5c4oc4ccccc45)c3)cc(-c3ccc4c(c3)C(c3ccccc3)(c3ccccc3)c3ccccc3-4)n2)cc1. The Morgan fingerprint density at radius 1 is 0.318 bits per heavy atom. The molecular weight excluding hydrogens is 801 g/mol. The first-order valence-electron chi connectivity index (χ1n) is 22.5. The Bertz CT molecular complexity index is 3780. The lowest BCUT2D eigenvalue weighted by molar-refractivity contribution is 0.670. The average Bonchev–Trinajstić information content (AvgIpc) is 3.93. The van der Waals surface area contributed by atoms with Gasteiger partial charge in [0.1, 0.15) is 11.2 Å². The molecule has 0 unspecified atom stereocenters. The van der Waals surface area contributed by atoms with Gasteiger partial charge in [-0.05, 0) is 103 Å². The van der Waals surface area contributed by atoms with Crippen molar-refractivity contribution in [1.29, 1.82) is 0 Å². The fourth-order valence-corrected chi connectivity index (χ4v) is 10.5. The molecule has 0 atom stereocenters. The van der Waals surface area contributed by atoms with Gasteiger partial charge in [-0.25, -0.2) is 9.97 Å². The molecule has 0 saturated carbocycles. The van der Waals surface area contributed by atoms with Crippen LogP contribution in [0, 0.1) is 0 Å². The quantitative estimate of drug-likeness (QED) is 0.160. The summed E-state index contributed by atoms with van der Waals surface area (Å²) in [6, 6.07) is 87.1. The minimum atomic E-state index is -0.538. The van der Waals surface area contributed by atoms with Crippen molar-refractivity contribution in [3.8, 4) is 67.3 Å². The van der Waals surface area contributed by atoms with Crippen LogP contribution in [0.1, 0.15) is 22.3 Å². The van der Waals surface area contributed by atoms with E-state index in [0.717, 1.165) is 72.3 Å². The molecule has 12 aromatic rings. The first-order chi connectivity index (χ1) is 32.7. The van der Waals surface area contributed by atoms with Crippen molar-refractivity contribution in [2.24, 2.45) is 0 Å². The van der Waals surface area contributed by atoms with Gasteiger partial charge >= 0.3 is 0 Å². The number of para-hydroxylation sites is 2. The third-order valence-electron chi connectivity index (χ3n) is 13.5. The summed E-state index contributed by atoms with van der Waals surface area (Å²) in [5.41, 5.74) is 17.6. The standard InChI is InChI=1S/C63H40N2O/c1-4-18-42(19-5-1)62-64-58(45-33-34-53-52-25-12-14-29-56(52)63(57(53)39-45,49-21-6-2-7-22-49)50-23-8-3-9-24-50)40-59(65-62)48-37-46(44-32-31-41-17-10-11-20-43(41)35-44)36-47(38-48)51-27-16-28-55-54-26-13-15-30-60(54)66-61(51)55/h1-40H. The molecule has 2 heterocycles. The Morgan fingerprint density at radius 3 is 1.71 bits per heavy atom.